The second-order valence-corrected chi connectivity index (χ2v) is 7.41. The molecule has 7 heteroatoms. The summed E-state index contributed by atoms with van der Waals surface area (Å²) in [6, 6.07) is 10.0. The molecule has 144 valence electrons. The summed E-state index contributed by atoms with van der Waals surface area (Å²) in [5.41, 5.74) is 3.48. The van der Waals surface area contributed by atoms with Gasteiger partial charge in [0.1, 0.15) is 5.82 Å². The van der Waals surface area contributed by atoms with E-state index in [4.69, 9.17) is 11.6 Å². The fourth-order valence-electron chi connectivity index (χ4n) is 3.13. The van der Waals surface area contributed by atoms with Crippen LogP contribution in [0.3, 0.4) is 0 Å². The number of anilines is 2. The summed E-state index contributed by atoms with van der Waals surface area (Å²) in [6.45, 7) is 5.49. The van der Waals surface area contributed by atoms with Gasteiger partial charge in [0.2, 0.25) is 0 Å². The lowest BCUT2D eigenvalue weighted by atomic mass is 10.1. The van der Waals surface area contributed by atoms with Crippen molar-refractivity contribution in [1.29, 1.82) is 0 Å². The Morgan fingerprint density at radius 1 is 1.19 bits per heavy atom. The summed E-state index contributed by atoms with van der Waals surface area (Å²) in [4.78, 5) is 23.0. The summed E-state index contributed by atoms with van der Waals surface area (Å²) in [5, 5.41) is 3.67. The van der Waals surface area contributed by atoms with Gasteiger partial charge in [0.15, 0.2) is 0 Å². The molecule has 0 atom stereocenters. The minimum Gasteiger partial charge on any atom is -0.378 e. The fraction of sp³-hybridized carbons (Fsp3) is 0.400. The van der Waals surface area contributed by atoms with Gasteiger partial charge >= 0.3 is 6.03 Å². The van der Waals surface area contributed by atoms with Crippen LogP contribution in [0.2, 0.25) is 5.02 Å². The Kier molecular flexibility index (Phi) is 6.06. The first-order valence-electron chi connectivity index (χ1n) is 9.10. The number of rotatable bonds is 4. The number of urea groups is 1. The van der Waals surface area contributed by atoms with Crippen LogP contribution in [0.15, 0.2) is 36.5 Å². The van der Waals surface area contributed by atoms with Crippen molar-refractivity contribution >= 4 is 29.1 Å². The molecular formula is C20H26ClN5O. The quantitative estimate of drug-likeness (QED) is 0.875. The van der Waals surface area contributed by atoms with E-state index >= 15 is 0 Å². The van der Waals surface area contributed by atoms with Crippen molar-refractivity contribution in [2.45, 2.75) is 13.5 Å². The van der Waals surface area contributed by atoms with Crippen molar-refractivity contribution in [1.82, 2.24) is 15.2 Å². The van der Waals surface area contributed by atoms with E-state index in [0.717, 1.165) is 30.2 Å². The highest BCUT2D eigenvalue weighted by Crippen LogP contribution is 2.18. The van der Waals surface area contributed by atoms with Crippen LogP contribution >= 0.6 is 11.6 Å². The third-order valence-corrected chi connectivity index (χ3v) is 5.10. The third kappa shape index (κ3) is 4.83. The van der Waals surface area contributed by atoms with Gasteiger partial charge in [-0.1, -0.05) is 17.7 Å². The van der Waals surface area contributed by atoms with E-state index in [-0.39, 0.29) is 6.03 Å². The van der Waals surface area contributed by atoms with Gasteiger partial charge in [-0.15, -0.1) is 0 Å². The van der Waals surface area contributed by atoms with E-state index in [1.807, 2.05) is 31.1 Å². The Balaban J connectivity index is 1.50. The standard InChI is InChI=1S/C20H26ClN5O/c1-15-12-18(24(2)3)6-4-16(15)13-23-20(27)26-10-8-25(9-11-26)19-7-5-17(21)14-22-19/h4-7,12,14H,8-11,13H2,1-3H3,(H,23,27). The zero-order chi connectivity index (χ0) is 19.4. The van der Waals surface area contributed by atoms with Crippen molar-refractivity contribution in [3.05, 3.63) is 52.7 Å². The Labute approximate surface area is 165 Å². The molecule has 27 heavy (non-hydrogen) atoms. The molecule has 1 aliphatic rings. The van der Waals surface area contributed by atoms with Gasteiger partial charge in [-0.2, -0.15) is 0 Å². The molecule has 1 fully saturated rings. The minimum absolute atomic E-state index is 0.0187. The average Bonchev–Trinajstić information content (AvgIpc) is 2.67. The zero-order valence-electron chi connectivity index (χ0n) is 16.1. The number of hydrogen-bond donors (Lipinski definition) is 1. The number of aromatic nitrogens is 1. The maximum absolute atomic E-state index is 12.5. The van der Waals surface area contributed by atoms with Gasteiger partial charge < -0.3 is 20.0 Å². The van der Waals surface area contributed by atoms with E-state index in [2.05, 4.69) is 45.2 Å². The van der Waals surface area contributed by atoms with Crippen LogP contribution in [0.4, 0.5) is 16.3 Å². The van der Waals surface area contributed by atoms with E-state index in [0.29, 0.717) is 24.7 Å². The highest BCUT2D eigenvalue weighted by Gasteiger charge is 2.21. The number of nitrogens with one attached hydrogen (secondary N) is 1. The lowest BCUT2D eigenvalue weighted by Gasteiger charge is -2.35. The molecule has 0 unspecified atom stereocenters. The topological polar surface area (TPSA) is 51.7 Å². The summed E-state index contributed by atoms with van der Waals surface area (Å²) < 4.78 is 0. The molecule has 3 rings (SSSR count). The van der Waals surface area contributed by atoms with E-state index in [1.54, 1.807) is 6.20 Å². The monoisotopic (exact) mass is 387 g/mol. The molecule has 1 aromatic carbocycles. The Morgan fingerprint density at radius 3 is 2.52 bits per heavy atom. The summed E-state index contributed by atoms with van der Waals surface area (Å²) in [5.74, 6) is 0.899. The van der Waals surface area contributed by atoms with E-state index in [1.165, 1.54) is 5.56 Å². The smallest absolute Gasteiger partial charge is 0.317 e. The molecule has 2 aromatic rings. The molecule has 0 saturated carbocycles. The van der Waals surface area contributed by atoms with Crippen LogP contribution in [-0.4, -0.2) is 56.2 Å². The van der Waals surface area contributed by atoms with Crippen LogP contribution in [-0.2, 0) is 6.54 Å². The van der Waals surface area contributed by atoms with Gasteiger partial charge in [0.25, 0.3) is 0 Å². The lowest BCUT2D eigenvalue weighted by Crippen LogP contribution is -2.51. The molecule has 2 amide bonds. The first-order valence-corrected chi connectivity index (χ1v) is 9.48. The Hall–Kier alpha value is -2.47. The van der Waals surface area contributed by atoms with Gasteiger partial charge in [0, 0.05) is 58.7 Å². The maximum atomic E-state index is 12.5. The second-order valence-electron chi connectivity index (χ2n) is 6.97. The highest BCUT2D eigenvalue weighted by atomic mass is 35.5. The number of hydrogen-bond acceptors (Lipinski definition) is 4. The molecule has 1 N–H and O–H groups in total. The number of carbonyl (C=O) groups excluding carboxylic acids is 1. The third-order valence-electron chi connectivity index (χ3n) is 4.88. The van der Waals surface area contributed by atoms with E-state index in [9.17, 15) is 4.79 Å². The fourth-order valence-corrected chi connectivity index (χ4v) is 3.24. The van der Waals surface area contributed by atoms with Gasteiger partial charge in [-0.05, 0) is 42.3 Å². The molecule has 1 saturated heterocycles. The first kappa shape index (κ1) is 19.3. The first-order chi connectivity index (χ1) is 12.9. The van der Waals surface area contributed by atoms with Crippen molar-refractivity contribution in [2.24, 2.45) is 0 Å². The van der Waals surface area contributed by atoms with Gasteiger partial charge in [0.05, 0.1) is 5.02 Å². The van der Waals surface area contributed by atoms with Gasteiger partial charge in [-0.3, -0.25) is 0 Å². The lowest BCUT2D eigenvalue weighted by molar-refractivity contribution is 0.194. The van der Waals surface area contributed by atoms with Crippen LogP contribution < -0.4 is 15.1 Å². The average molecular weight is 388 g/mol. The number of benzene rings is 1. The highest BCUT2D eigenvalue weighted by molar-refractivity contribution is 6.30. The Bertz CT molecular complexity index is 785. The molecule has 2 heterocycles. The largest absolute Gasteiger partial charge is 0.378 e. The number of nitrogens with zero attached hydrogens (tertiary/aromatic N) is 4. The number of pyridine rings is 1. The van der Waals surface area contributed by atoms with Crippen molar-refractivity contribution in [3.63, 3.8) is 0 Å². The van der Waals surface area contributed by atoms with Crippen LogP contribution in [0.5, 0.6) is 0 Å². The molecule has 1 aromatic heterocycles. The minimum atomic E-state index is -0.0187. The van der Waals surface area contributed by atoms with Gasteiger partial charge in [-0.25, -0.2) is 9.78 Å². The number of halogens is 1. The molecule has 1 aliphatic heterocycles. The number of aryl methyl sites for hydroxylation is 1. The van der Waals surface area contributed by atoms with Crippen molar-refractivity contribution < 1.29 is 4.79 Å². The van der Waals surface area contributed by atoms with Crippen LogP contribution in [0.25, 0.3) is 0 Å². The van der Waals surface area contributed by atoms with E-state index < -0.39 is 0 Å². The summed E-state index contributed by atoms with van der Waals surface area (Å²) in [6.07, 6.45) is 1.65. The van der Waals surface area contributed by atoms with Crippen molar-refractivity contribution in [2.75, 3.05) is 50.1 Å². The predicted octanol–water partition coefficient (Wildman–Crippen LogP) is 3.14. The predicted molar refractivity (Wildman–Crippen MR) is 111 cm³/mol. The summed E-state index contributed by atoms with van der Waals surface area (Å²) >= 11 is 5.89. The number of piperazine rings is 1. The molecule has 0 bridgehead atoms. The normalized spacial score (nSPS) is 14.2. The van der Waals surface area contributed by atoms with Crippen LogP contribution in [0, 0.1) is 6.92 Å². The summed E-state index contributed by atoms with van der Waals surface area (Å²) in [7, 11) is 4.05. The molecule has 0 aliphatic carbocycles. The second kappa shape index (κ2) is 8.48. The number of amides is 2. The SMILES string of the molecule is Cc1cc(N(C)C)ccc1CNC(=O)N1CCN(c2ccc(Cl)cn2)CC1. The Morgan fingerprint density at radius 2 is 1.93 bits per heavy atom. The molecule has 0 spiro atoms. The molecule has 6 nitrogen and oxygen atoms in total. The molecule has 0 radical (unpaired) electrons. The zero-order valence-corrected chi connectivity index (χ0v) is 16.8. The molecular weight excluding hydrogens is 362 g/mol. The number of carbonyl (C=O) groups is 1. The maximum Gasteiger partial charge on any atom is 0.317 e. The van der Waals surface area contributed by atoms with Crippen LogP contribution in [0.1, 0.15) is 11.1 Å². The van der Waals surface area contributed by atoms with Crippen molar-refractivity contribution in [3.8, 4) is 0 Å².